The molecular formula is C18H17Cl2N3OS. The van der Waals surface area contributed by atoms with Gasteiger partial charge in [0, 0.05) is 29.5 Å². The average Bonchev–Trinajstić information content (AvgIpc) is 3.11. The summed E-state index contributed by atoms with van der Waals surface area (Å²) in [5.41, 5.74) is 2.26. The lowest BCUT2D eigenvalue weighted by molar-refractivity contribution is 0.0978. The number of nitrogens with one attached hydrogen (secondary N) is 2. The van der Waals surface area contributed by atoms with E-state index in [1.807, 2.05) is 18.2 Å². The Kier molecular flexibility index (Phi) is 5.78. The van der Waals surface area contributed by atoms with Crippen LogP contribution < -0.4 is 15.5 Å². The van der Waals surface area contributed by atoms with E-state index in [0.29, 0.717) is 10.0 Å². The van der Waals surface area contributed by atoms with Crippen LogP contribution in [0.4, 0.5) is 11.4 Å². The van der Waals surface area contributed by atoms with Crippen molar-refractivity contribution in [1.82, 2.24) is 5.32 Å². The van der Waals surface area contributed by atoms with Gasteiger partial charge in [0.2, 0.25) is 0 Å². The van der Waals surface area contributed by atoms with Crippen molar-refractivity contribution in [2.45, 2.75) is 12.8 Å². The number of halogens is 2. The molecule has 2 aromatic carbocycles. The molecule has 0 saturated carbocycles. The van der Waals surface area contributed by atoms with Crippen LogP contribution in [0.5, 0.6) is 0 Å². The second-order valence-electron chi connectivity index (χ2n) is 5.78. The first-order valence-corrected chi connectivity index (χ1v) is 9.12. The quantitative estimate of drug-likeness (QED) is 0.740. The normalized spacial score (nSPS) is 13.6. The van der Waals surface area contributed by atoms with Crippen LogP contribution in [0.25, 0.3) is 0 Å². The summed E-state index contributed by atoms with van der Waals surface area (Å²) < 4.78 is 0. The first kappa shape index (κ1) is 18.0. The van der Waals surface area contributed by atoms with E-state index in [2.05, 4.69) is 21.6 Å². The van der Waals surface area contributed by atoms with Gasteiger partial charge in [0.25, 0.3) is 5.91 Å². The van der Waals surface area contributed by atoms with E-state index in [9.17, 15) is 4.79 Å². The molecule has 0 spiro atoms. The molecule has 1 fully saturated rings. The summed E-state index contributed by atoms with van der Waals surface area (Å²) in [5.74, 6) is -0.402. The Labute approximate surface area is 162 Å². The zero-order chi connectivity index (χ0) is 17.8. The number of anilines is 2. The molecule has 0 atom stereocenters. The number of hydrogen-bond donors (Lipinski definition) is 2. The largest absolute Gasteiger partial charge is 0.371 e. The molecule has 7 heteroatoms. The lowest BCUT2D eigenvalue weighted by Crippen LogP contribution is -2.34. The van der Waals surface area contributed by atoms with E-state index in [-0.39, 0.29) is 10.7 Å². The Morgan fingerprint density at radius 1 is 1.08 bits per heavy atom. The van der Waals surface area contributed by atoms with E-state index in [4.69, 9.17) is 35.4 Å². The van der Waals surface area contributed by atoms with Crippen LogP contribution in [-0.4, -0.2) is 24.1 Å². The van der Waals surface area contributed by atoms with Crippen molar-refractivity contribution in [2.24, 2.45) is 0 Å². The van der Waals surface area contributed by atoms with Crippen molar-refractivity contribution in [3.8, 4) is 0 Å². The maximum atomic E-state index is 12.3. The molecule has 1 amide bonds. The molecule has 0 radical (unpaired) electrons. The summed E-state index contributed by atoms with van der Waals surface area (Å²) in [6, 6.07) is 12.7. The standard InChI is InChI=1S/C18H17Cl2N3OS/c19-12-6-7-16(20)15(10-12)17(24)22-18(25)21-13-4-3-5-14(11-13)23-8-1-2-9-23/h3-7,10-11H,1-2,8-9H2,(H2,21,22,24,25). The SMILES string of the molecule is O=C(NC(=S)Nc1cccc(N2CCCC2)c1)c1cc(Cl)ccc1Cl. The number of carbonyl (C=O) groups is 1. The van der Waals surface area contributed by atoms with E-state index in [0.717, 1.165) is 24.5 Å². The van der Waals surface area contributed by atoms with Gasteiger partial charge in [-0.2, -0.15) is 0 Å². The molecule has 130 valence electrons. The molecule has 0 aliphatic carbocycles. The van der Waals surface area contributed by atoms with Crippen LogP contribution in [0.1, 0.15) is 23.2 Å². The Hall–Kier alpha value is -1.82. The second-order valence-corrected chi connectivity index (χ2v) is 7.03. The summed E-state index contributed by atoms with van der Waals surface area (Å²) in [7, 11) is 0. The number of nitrogens with zero attached hydrogens (tertiary/aromatic N) is 1. The van der Waals surface area contributed by atoms with E-state index in [1.54, 1.807) is 12.1 Å². The van der Waals surface area contributed by atoms with Crippen LogP contribution in [0.2, 0.25) is 10.0 Å². The molecule has 4 nitrogen and oxygen atoms in total. The highest BCUT2D eigenvalue weighted by atomic mass is 35.5. The number of benzene rings is 2. The molecular weight excluding hydrogens is 377 g/mol. The predicted molar refractivity (Wildman–Crippen MR) is 108 cm³/mol. The fourth-order valence-corrected chi connectivity index (χ4v) is 3.35. The fraction of sp³-hybridized carbons (Fsp3) is 0.222. The smallest absolute Gasteiger partial charge is 0.258 e. The van der Waals surface area contributed by atoms with Crippen LogP contribution >= 0.6 is 35.4 Å². The lowest BCUT2D eigenvalue weighted by atomic mass is 10.2. The Morgan fingerprint density at radius 2 is 1.84 bits per heavy atom. The van der Waals surface area contributed by atoms with Crippen molar-refractivity contribution in [1.29, 1.82) is 0 Å². The molecule has 1 saturated heterocycles. The van der Waals surface area contributed by atoms with Gasteiger partial charge in [-0.3, -0.25) is 10.1 Å². The molecule has 0 bridgehead atoms. The molecule has 3 rings (SSSR count). The van der Waals surface area contributed by atoms with Gasteiger partial charge < -0.3 is 10.2 Å². The summed E-state index contributed by atoms with van der Waals surface area (Å²) in [6.45, 7) is 2.13. The molecule has 1 heterocycles. The van der Waals surface area contributed by atoms with Gasteiger partial charge in [0.1, 0.15) is 0 Å². The van der Waals surface area contributed by atoms with Crippen LogP contribution in [0.15, 0.2) is 42.5 Å². The zero-order valence-corrected chi connectivity index (χ0v) is 15.7. The Balaban J connectivity index is 1.65. The van der Waals surface area contributed by atoms with Gasteiger partial charge in [0.15, 0.2) is 5.11 Å². The highest BCUT2D eigenvalue weighted by Crippen LogP contribution is 2.23. The maximum absolute atomic E-state index is 12.3. The highest BCUT2D eigenvalue weighted by Gasteiger charge is 2.14. The number of rotatable bonds is 3. The Morgan fingerprint density at radius 3 is 2.60 bits per heavy atom. The lowest BCUT2D eigenvalue weighted by Gasteiger charge is -2.19. The topological polar surface area (TPSA) is 44.4 Å². The van der Waals surface area contributed by atoms with Crippen molar-refractivity contribution in [2.75, 3.05) is 23.3 Å². The zero-order valence-electron chi connectivity index (χ0n) is 13.4. The van der Waals surface area contributed by atoms with E-state index in [1.165, 1.54) is 18.9 Å². The third-order valence-corrected chi connectivity index (χ3v) is 4.74. The van der Waals surface area contributed by atoms with Crippen LogP contribution in [-0.2, 0) is 0 Å². The third-order valence-electron chi connectivity index (χ3n) is 3.98. The molecule has 1 aliphatic heterocycles. The van der Waals surface area contributed by atoms with Gasteiger partial charge in [-0.25, -0.2) is 0 Å². The third kappa shape index (κ3) is 4.63. The molecule has 25 heavy (non-hydrogen) atoms. The second kappa shape index (κ2) is 8.04. The molecule has 2 aromatic rings. The van der Waals surface area contributed by atoms with Gasteiger partial charge >= 0.3 is 0 Å². The van der Waals surface area contributed by atoms with Gasteiger partial charge in [-0.05, 0) is 61.5 Å². The summed E-state index contributed by atoms with van der Waals surface area (Å²) >= 11 is 17.2. The van der Waals surface area contributed by atoms with Gasteiger partial charge in [0.05, 0.1) is 10.6 Å². The first-order valence-electron chi connectivity index (χ1n) is 7.95. The summed E-state index contributed by atoms with van der Waals surface area (Å²) in [4.78, 5) is 14.6. The minimum absolute atomic E-state index is 0.208. The predicted octanol–water partition coefficient (Wildman–Crippen LogP) is 4.72. The monoisotopic (exact) mass is 393 g/mol. The van der Waals surface area contributed by atoms with Crippen molar-refractivity contribution >= 4 is 57.8 Å². The van der Waals surface area contributed by atoms with E-state index >= 15 is 0 Å². The van der Waals surface area contributed by atoms with Crippen LogP contribution in [0.3, 0.4) is 0 Å². The molecule has 0 aromatic heterocycles. The maximum Gasteiger partial charge on any atom is 0.258 e. The van der Waals surface area contributed by atoms with Gasteiger partial charge in [-0.1, -0.05) is 29.3 Å². The number of carbonyl (C=O) groups excluding carboxylic acids is 1. The van der Waals surface area contributed by atoms with Crippen LogP contribution in [0, 0.1) is 0 Å². The first-order chi connectivity index (χ1) is 12.0. The Bertz CT molecular complexity index is 807. The number of hydrogen-bond acceptors (Lipinski definition) is 3. The highest BCUT2D eigenvalue weighted by molar-refractivity contribution is 7.80. The van der Waals surface area contributed by atoms with Crippen molar-refractivity contribution in [3.63, 3.8) is 0 Å². The minimum Gasteiger partial charge on any atom is -0.371 e. The molecule has 1 aliphatic rings. The van der Waals surface area contributed by atoms with Gasteiger partial charge in [-0.15, -0.1) is 0 Å². The summed E-state index contributed by atoms with van der Waals surface area (Å²) in [6.07, 6.45) is 2.43. The summed E-state index contributed by atoms with van der Waals surface area (Å²) in [5, 5.41) is 6.63. The fourth-order valence-electron chi connectivity index (χ4n) is 2.76. The number of thiocarbonyl (C=S) groups is 1. The molecule has 2 N–H and O–H groups in total. The minimum atomic E-state index is -0.402. The number of amides is 1. The van der Waals surface area contributed by atoms with Crippen molar-refractivity contribution in [3.05, 3.63) is 58.1 Å². The van der Waals surface area contributed by atoms with E-state index < -0.39 is 5.91 Å². The van der Waals surface area contributed by atoms with Crippen molar-refractivity contribution < 1.29 is 4.79 Å². The average molecular weight is 394 g/mol. The molecule has 0 unspecified atom stereocenters.